The van der Waals surface area contributed by atoms with Crippen molar-refractivity contribution in [2.45, 2.75) is 47.6 Å². The zero-order valence-corrected chi connectivity index (χ0v) is 31.3. The summed E-state index contributed by atoms with van der Waals surface area (Å²) in [5, 5.41) is 93.9. The lowest BCUT2D eigenvalue weighted by molar-refractivity contribution is -0.384. The highest BCUT2D eigenvalue weighted by Crippen LogP contribution is 2.59. The molecule has 0 bridgehead atoms. The smallest absolute Gasteiger partial charge is 0.294 e. The molecule has 6 N–H and O–H groups in total. The van der Waals surface area contributed by atoms with Gasteiger partial charge < -0.3 is 30.6 Å². The Morgan fingerprint density at radius 1 is 0.768 bits per heavy atom. The number of aromatic hydroxyl groups is 3. The van der Waals surface area contributed by atoms with E-state index in [4.69, 9.17) is 0 Å². The molecule has 56 heavy (non-hydrogen) atoms. The molecule has 0 amide bonds. The van der Waals surface area contributed by atoms with Crippen LogP contribution in [0.5, 0.6) is 17.2 Å². The fourth-order valence-corrected chi connectivity index (χ4v) is 8.28. The van der Waals surface area contributed by atoms with Crippen LogP contribution in [0.15, 0.2) is 111 Å². The van der Waals surface area contributed by atoms with E-state index in [1.54, 1.807) is 38.1 Å². The first-order valence-electron chi connectivity index (χ1n) is 17.7. The van der Waals surface area contributed by atoms with E-state index in [1.165, 1.54) is 42.5 Å². The van der Waals surface area contributed by atoms with Crippen LogP contribution in [0.2, 0.25) is 0 Å². The Morgan fingerprint density at radius 2 is 1.30 bits per heavy atom. The second kappa shape index (κ2) is 14.5. The number of nitro benzene ring substituents is 2. The van der Waals surface area contributed by atoms with Crippen molar-refractivity contribution in [3.8, 4) is 17.2 Å². The van der Waals surface area contributed by atoms with E-state index in [0.717, 1.165) is 12.4 Å². The van der Waals surface area contributed by atoms with E-state index < -0.39 is 44.4 Å². The van der Waals surface area contributed by atoms with Gasteiger partial charge >= 0.3 is 0 Å². The van der Waals surface area contributed by atoms with E-state index in [-0.39, 0.29) is 79.0 Å². The summed E-state index contributed by atoms with van der Waals surface area (Å²) in [5.74, 6) is -3.19. The van der Waals surface area contributed by atoms with Crippen LogP contribution in [0, 0.1) is 44.4 Å². The molecule has 0 saturated heterocycles. The van der Waals surface area contributed by atoms with Crippen molar-refractivity contribution in [1.29, 1.82) is 0 Å². The largest absolute Gasteiger partial charge is 0.507 e. The number of hydrogen-bond acceptors (Lipinski definition) is 12. The Kier molecular flexibility index (Phi) is 10.0. The lowest BCUT2D eigenvalue weighted by Crippen LogP contribution is -2.44. The second-order valence-corrected chi connectivity index (χ2v) is 14.4. The van der Waals surface area contributed by atoms with Crippen LogP contribution < -0.4 is 0 Å². The lowest BCUT2D eigenvalue weighted by Gasteiger charge is -2.48. The first-order valence-corrected chi connectivity index (χ1v) is 17.7. The highest BCUT2D eigenvalue weighted by Gasteiger charge is 2.53. The molecule has 14 nitrogen and oxygen atoms in total. The maximum absolute atomic E-state index is 12.6. The summed E-state index contributed by atoms with van der Waals surface area (Å²) < 4.78 is 0. The minimum absolute atomic E-state index is 0.0143. The molecule has 0 radical (unpaired) electrons. The number of hydrogen-bond donors (Lipinski definition) is 6. The van der Waals surface area contributed by atoms with Gasteiger partial charge in [0.05, 0.1) is 20.8 Å². The molecule has 1 atom stereocenters. The number of aliphatic hydroxyl groups excluding tert-OH is 3. The van der Waals surface area contributed by atoms with Crippen molar-refractivity contribution in [2.75, 3.05) is 0 Å². The molecule has 4 aromatic rings. The topological polar surface area (TPSA) is 232 Å². The Morgan fingerprint density at radius 3 is 1.84 bits per heavy atom. The maximum Gasteiger partial charge on any atom is 0.294 e. The summed E-state index contributed by atoms with van der Waals surface area (Å²) in [6, 6.07) is 14.3. The average Bonchev–Trinajstić information content (AvgIpc) is 3.13. The highest BCUT2D eigenvalue weighted by molar-refractivity contribution is 6.10. The third kappa shape index (κ3) is 6.04. The van der Waals surface area contributed by atoms with Gasteiger partial charge in [0.2, 0.25) is 0 Å². The molecule has 0 saturated carbocycles. The molecule has 2 aliphatic rings. The molecule has 0 aromatic heterocycles. The van der Waals surface area contributed by atoms with E-state index in [2.05, 4.69) is 9.98 Å². The number of allylic oxidation sites excluding steroid dienone is 4. The van der Waals surface area contributed by atoms with Gasteiger partial charge in [-0.2, -0.15) is 0 Å². The summed E-state index contributed by atoms with van der Waals surface area (Å²) in [6.45, 7) is 10.9. The van der Waals surface area contributed by atoms with Crippen LogP contribution in [0.4, 0.5) is 22.7 Å². The molecule has 0 fully saturated rings. The predicted molar refractivity (Wildman–Crippen MR) is 213 cm³/mol. The van der Waals surface area contributed by atoms with Crippen molar-refractivity contribution in [3.05, 3.63) is 137 Å². The number of fused-ring (bicyclic) bond motifs is 2. The molecular weight excluding hydrogens is 720 g/mol. The molecule has 0 aliphatic heterocycles. The maximum atomic E-state index is 12.6. The molecule has 0 heterocycles. The minimum atomic E-state index is -1.59. The Bertz CT molecular complexity index is 2530. The monoisotopic (exact) mass is 760 g/mol. The van der Waals surface area contributed by atoms with E-state index in [0.29, 0.717) is 16.7 Å². The number of phenols is 3. The van der Waals surface area contributed by atoms with Gasteiger partial charge in [0, 0.05) is 46.7 Å². The Hall–Kier alpha value is -6.80. The summed E-state index contributed by atoms with van der Waals surface area (Å²) in [7, 11) is 0. The van der Waals surface area contributed by atoms with Crippen molar-refractivity contribution >= 4 is 51.5 Å². The summed E-state index contributed by atoms with van der Waals surface area (Å²) in [4.78, 5) is 30.8. The second-order valence-electron chi connectivity index (χ2n) is 14.4. The third-order valence-electron chi connectivity index (χ3n) is 10.7. The third-order valence-corrected chi connectivity index (χ3v) is 10.7. The van der Waals surface area contributed by atoms with Crippen LogP contribution in [0.3, 0.4) is 0 Å². The molecule has 1 unspecified atom stereocenters. The van der Waals surface area contributed by atoms with Gasteiger partial charge in [-0.05, 0) is 71.6 Å². The van der Waals surface area contributed by atoms with Crippen LogP contribution in [0.25, 0.3) is 16.3 Å². The van der Waals surface area contributed by atoms with Gasteiger partial charge in [0.25, 0.3) is 11.4 Å². The van der Waals surface area contributed by atoms with Crippen LogP contribution in [-0.2, 0) is 0 Å². The Balaban J connectivity index is 1.65. The quantitative estimate of drug-likeness (QED) is 0.0409. The first kappa shape index (κ1) is 38.9. The minimum Gasteiger partial charge on any atom is -0.507 e. The van der Waals surface area contributed by atoms with Gasteiger partial charge in [0.1, 0.15) is 29.0 Å². The van der Waals surface area contributed by atoms with E-state index >= 15 is 0 Å². The van der Waals surface area contributed by atoms with E-state index in [9.17, 15) is 50.9 Å². The van der Waals surface area contributed by atoms with Crippen LogP contribution in [-0.4, -0.2) is 59.0 Å². The van der Waals surface area contributed by atoms with E-state index in [1.807, 2.05) is 27.7 Å². The molecule has 4 aromatic carbocycles. The predicted octanol–water partition coefficient (Wildman–Crippen LogP) is 9.25. The van der Waals surface area contributed by atoms with Crippen molar-refractivity contribution in [2.24, 2.45) is 27.2 Å². The summed E-state index contributed by atoms with van der Waals surface area (Å²) in [5.41, 5.74) is -0.269. The fraction of sp³-hybridized carbons (Fsp3) is 0.238. The molecular formula is C42H40N4O10. The molecule has 288 valence electrons. The van der Waals surface area contributed by atoms with Gasteiger partial charge in [-0.25, -0.2) is 9.98 Å². The molecule has 0 spiro atoms. The fourth-order valence-electron chi connectivity index (χ4n) is 8.28. The molecule has 14 heteroatoms. The number of benzene rings is 4. The zero-order chi connectivity index (χ0) is 41.0. The average molecular weight is 761 g/mol. The van der Waals surface area contributed by atoms with Gasteiger partial charge in [0.15, 0.2) is 17.3 Å². The van der Waals surface area contributed by atoms with Crippen LogP contribution in [0.1, 0.15) is 51.3 Å². The number of aliphatic hydroxyl groups is 3. The zero-order valence-electron chi connectivity index (χ0n) is 31.3. The number of para-hydroxylation sites is 4. The summed E-state index contributed by atoms with van der Waals surface area (Å²) in [6.07, 6.45) is 2.44. The standard InChI is InChI=1S/C42H40N4O10/c1-20(2)42(21(3)4)27-16-23(6)34(40(51)36(27)26(38(49)41(42)52)19-44-29-12-8-10-14-31(29)46(55)56)33-22(5)15-24-17-32(47)37(48)25(35(24)39(33)50)18-43-28-11-7-9-13-30(28)45(53)54/h7-21,40,47-52H,1-6H3. The number of phenolic OH excluding ortho intramolecular Hbond substituents is 3. The Labute approximate surface area is 321 Å². The normalized spacial score (nSPS) is 17.2. The SMILES string of the molecule is CC1=C(c2c(C)cc3cc(O)c(O)c(C=Nc4ccccc4[N+](=O)[O-])c3c2O)C(O)C2=C(C=Nc3ccccc3[N+](=O)[O-])C(O)=C(O)C(C(C)C)(C(C)C)C2=C1. The van der Waals surface area contributed by atoms with Gasteiger partial charge in [-0.3, -0.25) is 20.2 Å². The van der Waals surface area contributed by atoms with Crippen molar-refractivity contribution in [3.63, 3.8) is 0 Å². The first-order chi connectivity index (χ1) is 26.4. The van der Waals surface area contributed by atoms with Crippen molar-refractivity contribution < 1.29 is 40.5 Å². The van der Waals surface area contributed by atoms with Gasteiger partial charge in [-0.1, -0.05) is 64.1 Å². The number of nitrogens with zero attached hydrogens (tertiary/aromatic N) is 4. The van der Waals surface area contributed by atoms with Crippen LogP contribution >= 0.6 is 0 Å². The number of aliphatic imine (C=N–C) groups is 2. The van der Waals surface area contributed by atoms with Crippen molar-refractivity contribution in [1.82, 2.24) is 0 Å². The highest BCUT2D eigenvalue weighted by atomic mass is 16.6. The van der Waals surface area contributed by atoms with Gasteiger partial charge in [-0.15, -0.1) is 0 Å². The number of rotatable bonds is 9. The summed E-state index contributed by atoms with van der Waals surface area (Å²) >= 11 is 0. The lowest BCUT2D eigenvalue weighted by atomic mass is 9.56. The molecule has 2 aliphatic carbocycles. The molecule has 6 rings (SSSR count). The number of aryl methyl sites for hydroxylation is 1. The number of nitro groups is 2.